The number of hydrogen-bond donors (Lipinski definition) is 0. The van der Waals surface area contributed by atoms with Crippen molar-refractivity contribution in [2.75, 3.05) is 26.7 Å². The summed E-state index contributed by atoms with van der Waals surface area (Å²) in [6.45, 7) is 5.04. The Morgan fingerprint density at radius 1 is 1.37 bits per heavy atom. The molecule has 1 unspecified atom stereocenters. The third-order valence-electron chi connectivity index (χ3n) is 3.74. The van der Waals surface area contributed by atoms with E-state index >= 15 is 0 Å². The van der Waals surface area contributed by atoms with Gasteiger partial charge in [-0.2, -0.15) is 0 Å². The highest BCUT2D eigenvalue weighted by molar-refractivity contribution is 9.10. The maximum absolute atomic E-state index is 12.7. The van der Waals surface area contributed by atoms with E-state index < -0.39 is 0 Å². The van der Waals surface area contributed by atoms with Gasteiger partial charge in [0.15, 0.2) is 0 Å². The molecular weight excluding hydrogens is 304 g/mol. The third-order valence-corrected chi connectivity index (χ3v) is 4.43. The first-order chi connectivity index (χ1) is 9.13. The molecular formula is C15H21BrN2O. The van der Waals surface area contributed by atoms with Crippen molar-refractivity contribution in [3.8, 4) is 0 Å². The fourth-order valence-corrected chi connectivity index (χ4v) is 3.10. The van der Waals surface area contributed by atoms with Crippen LogP contribution in [-0.2, 0) is 0 Å². The summed E-state index contributed by atoms with van der Waals surface area (Å²) < 4.78 is 0.882. The SMILES string of the molecule is CCC1CN(C)CCCN1C(=O)c1ccccc1Br. The van der Waals surface area contributed by atoms with E-state index in [0.717, 1.165) is 42.5 Å². The Hall–Kier alpha value is -0.870. The summed E-state index contributed by atoms with van der Waals surface area (Å²) in [4.78, 5) is 17.1. The fraction of sp³-hybridized carbons (Fsp3) is 0.533. The molecule has 1 aromatic carbocycles. The molecule has 1 aliphatic heterocycles. The zero-order chi connectivity index (χ0) is 13.8. The molecule has 4 heteroatoms. The fourth-order valence-electron chi connectivity index (χ4n) is 2.65. The second-order valence-electron chi connectivity index (χ2n) is 5.16. The Balaban J connectivity index is 2.23. The van der Waals surface area contributed by atoms with Gasteiger partial charge in [-0.05, 0) is 54.5 Å². The smallest absolute Gasteiger partial charge is 0.255 e. The van der Waals surface area contributed by atoms with Crippen molar-refractivity contribution in [1.82, 2.24) is 9.80 Å². The predicted octanol–water partition coefficient (Wildman–Crippen LogP) is 3.01. The predicted molar refractivity (Wildman–Crippen MR) is 81.4 cm³/mol. The lowest BCUT2D eigenvalue weighted by molar-refractivity contribution is 0.0675. The molecule has 2 rings (SSSR count). The molecule has 0 radical (unpaired) electrons. The number of carbonyl (C=O) groups is 1. The van der Waals surface area contributed by atoms with Crippen LogP contribution in [0.15, 0.2) is 28.7 Å². The number of carbonyl (C=O) groups excluding carboxylic acids is 1. The molecule has 0 bridgehead atoms. The molecule has 1 heterocycles. The summed E-state index contributed by atoms with van der Waals surface area (Å²) in [5.74, 6) is 0.148. The summed E-state index contributed by atoms with van der Waals surface area (Å²) >= 11 is 3.48. The van der Waals surface area contributed by atoms with Crippen LogP contribution >= 0.6 is 15.9 Å². The molecule has 0 saturated carbocycles. The Morgan fingerprint density at radius 3 is 2.79 bits per heavy atom. The largest absolute Gasteiger partial charge is 0.334 e. The van der Waals surface area contributed by atoms with Crippen molar-refractivity contribution in [2.24, 2.45) is 0 Å². The summed E-state index contributed by atoms with van der Waals surface area (Å²) in [6, 6.07) is 8.00. The van der Waals surface area contributed by atoms with Gasteiger partial charge in [0.1, 0.15) is 0 Å². The molecule has 1 amide bonds. The van der Waals surface area contributed by atoms with Crippen molar-refractivity contribution in [3.63, 3.8) is 0 Å². The van der Waals surface area contributed by atoms with Crippen LogP contribution in [0.3, 0.4) is 0 Å². The van der Waals surface area contributed by atoms with Gasteiger partial charge in [-0.1, -0.05) is 19.1 Å². The lowest BCUT2D eigenvalue weighted by atomic mass is 10.1. The lowest BCUT2D eigenvalue weighted by Gasteiger charge is -2.30. The van der Waals surface area contributed by atoms with Crippen molar-refractivity contribution >= 4 is 21.8 Å². The van der Waals surface area contributed by atoms with E-state index in [2.05, 4.69) is 34.8 Å². The average molecular weight is 325 g/mol. The van der Waals surface area contributed by atoms with Gasteiger partial charge in [0.05, 0.1) is 5.56 Å². The molecule has 0 aliphatic carbocycles. The Bertz CT molecular complexity index is 450. The Kier molecular flexibility index (Phi) is 4.99. The molecule has 0 N–H and O–H groups in total. The summed E-state index contributed by atoms with van der Waals surface area (Å²) in [7, 11) is 2.13. The number of nitrogens with zero attached hydrogens (tertiary/aromatic N) is 2. The van der Waals surface area contributed by atoms with E-state index in [-0.39, 0.29) is 5.91 Å². The topological polar surface area (TPSA) is 23.6 Å². The summed E-state index contributed by atoms with van der Waals surface area (Å²) in [5, 5.41) is 0. The first-order valence-corrected chi connectivity index (χ1v) is 7.66. The number of benzene rings is 1. The highest BCUT2D eigenvalue weighted by Crippen LogP contribution is 2.21. The van der Waals surface area contributed by atoms with E-state index in [1.54, 1.807) is 0 Å². The van der Waals surface area contributed by atoms with Gasteiger partial charge >= 0.3 is 0 Å². The van der Waals surface area contributed by atoms with Crippen LogP contribution in [0.2, 0.25) is 0 Å². The molecule has 19 heavy (non-hydrogen) atoms. The standard InChI is InChI=1S/C15H21BrN2O/c1-3-12-11-17(2)9-6-10-18(12)15(19)13-7-4-5-8-14(13)16/h4-5,7-8,12H,3,6,9-11H2,1-2H3. The van der Waals surface area contributed by atoms with Crippen molar-refractivity contribution < 1.29 is 4.79 Å². The molecule has 1 atom stereocenters. The van der Waals surface area contributed by atoms with Gasteiger partial charge in [-0.3, -0.25) is 4.79 Å². The minimum Gasteiger partial charge on any atom is -0.334 e. The molecule has 0 aromatic heterocycles. The Labute approximate surface area is 123 Å². The molecule has 1 aromatic rings. The summed E-state index contributed by atoms with van der Waals surface area (Å²) in [6.07, 6.45) is 2.05. The number of likely N-dealkylation sites (N-methyl/N-ethyl adjacent to an activating group) is 1. The van der Waals surface area contributed by atoms with E-state index in [1.807, 2.05) is 29.2 Å². The van der Waals surface area contributed by atoms with E-state index in [9.17, 15) is 4.79 Å². The average Bonchev–Trinajstić information content (AvgIpc) is 2.60. The quantitative estimate of drug-likeness (QED) is 0.834. The highest BCUT2D eigenvalue weighted by Gasteiger charge is 2.27. The highest BCUT2D eigenvalue weighted by atomic mass is 79.9. The molecule has 1 aliphatic rings. The van der Waals surface area contributed by atoms with Crippen LogP contribution in [0.5, 0.6) is 0 Å². The van der Waals surface area contributed by atoms with E-state index in [4.69, 9.17) is 0 Å². The monoisotopic (exact) mass is 324 g/mol. The maximum Gasteiger partial charge on any atom is 0.255 e. The zero-order valence-electron chi connectivity index (χ0n) is 11.6. The van der Waals surface area contributed by atoms with Crippen LogP contribution < -0.4 is 0 Å². The minimum absolute atomic E-state index is 0.148. The Morgan fingerprint density at radius 2 is 2.11 bits per heavy atom. The molecule has 3 nitrogen and oxygen atoms in total. The van der Waals surface area contributed by atoms with Crippen molar-refractivity contribution in [3.05, 3.63) is 34.3 Å². The van der Waals surface area contributed by atoms with Gasteiger partial charge in [-0.25, -0.2) is 0 Å². The van der Waals surface area contributed by atoms with Crippen LogP contribution in [0.4, 0.5) is 0 Å². The lowest BCUT2D eigenvalue weighted by Crippen LogP contribution is -2.43. The van der Waals surface area contributed by atoms with Gasteiger partial charge in [0, 0.05) is 23.6 Å². The maximum atomic E-state index is 12.7. The first kappa shape index (κ1) is 14.5. The van der Waals surface area contributed by atoms with Crippen LogP contribution in [-0.4, -0.2) is 48.4 Å². The third kappa shape index (κ3) is 3.37. The van der Waals surface area contributed by atoms with Crippen LogP contribution in [0.1, 0.15) is 30.1 Å². The first-order valence-electron chi connectivity index (χ1n) is 6.87. The zero-order valence-corrected chi connectivity index (χ0v) is 13.2. The normalized spacial score (nSPS) is 21.2. The van der Waals surface area contributed by atoms with Gasteiger partial charge in [0.25, 0.3) is 5.91 Å². The number of hydrogen-bond acceptors (Lipinski definition) is 2. The van der Waals surface area contributed by atoms with Crippen LogP contribution in [0.25, 0.3) is 0 Å². The summed E-state index contributed by atoms with van der Waals surface area (Å²) in [5.41, 5.74) is 0.769. The van der Waals surface area contributed by atoms with Crippen LogP contribution in [0, 0.1) is 0 Å². The minimum atomic E-state index is 0.148. The number of amides is 1. The second kappa shape index (κ2) is 6.53. The molecule has 0 spiro atoms. The molecule has 1 saturated heterocycles. The number of halogens is 1. The van der Waals surface area contributed by atoms with Crippen molar-refractivity contribution in [2.45, 2.75) is 25.8 Å². The van der Waals surface area contributed by atoms with Gasteiger partial charge < -0.3 is 9.80 Å². The van der Waals surface area contributed by atoms with Gasteiger partial charge in [-0.15, -0.1) is 0 Å². The van der Waals surface area contributed by atoms with Crippen molar-refractivity contribution in [1.29, 1.82) is 0 Å². The number of rotatable bonds is 2. The molecule has 1 fully saturated rings. The van der Waals surface area contributed by atoms with E-state index in [0.29, 0.717) is 6.04 Å². The van der Waals surface area contributed by atoms with Gasteiger partial charge in [0.2, 0.25) is 0 Å². The second-order valence-corrected chi connectivity index (χ2v) is 6.01. The molecule has 104 valence electrons. The van der Waals surface area contributed by atoms with E-state index in [1.165, 1.54) is 0 Å².